The third kappa shape index (κ3) is 3.26. The van der Waals surface area contributed by atoms with Crippen molar-refractivity contribution < 1.29 is 4.79 Å². The zero-order valence-corrected chi connectivity index (χ0v) is 17.0. The summed E-state index contributed by atoms with van der Waals surface area (Å²) >= 11 is 1.65. The van der Waals surface area contributed by atoms with E-state index in [1.165, 1.54) is 0 Å². The highest BCUT2D eigenvalue weighted by molar-refractivity contribution is 7.13. The Morgan fingerprint density at radius 1 is 1.11 bits per heavy atom. The van der Waals surface area contributed by atoms with Crippen LogP contribution in [0.1, 0.15) is 23.3 Å². The Labute approximate surface area is 174 Å². The van der Waals surface area contributed by atoms with E-state index in [1.807, 2.05) is 57.4 Å². The summed E-state index contributed by atoms with van der Waals surface area (Å²) < 4.78 is 1.88. The maximum atomic E-state index is 13.2. The highest BCUT2D eigenvalue weighted by atomic mass is 35.5. The summed E-state index contributed by atoms with van der Waals surface area (Å²) in [5, 5.41) is 6.74. The predicted octanol–water partition coefficient (Wildman–Crippen LogP) is 3.83. The average Bonchev–Trinajstić information content (AvgIpc) is 3.47. The van der Waals surface area contributed by atoms with Crippen LogP contribution in [0, 0.1) is 11.8 Å². The van der Waals surface area contributed by atoms with Gasteiger partial charge in [-0.15, -0.1) is 23.7 Å². The highest BCUT2D eigenvalue weighted by Gasteiger charge is 2.43. The molecule has 3 aromatic rings. The van der Waals surface area contributed by atoms with Gasteiger partial charge in [-0.3, -0.25) is 4.79 Å². The van der Waals surface area contributed by atoms with Gasteiger partial charge in [-0.05, 0) is 54.3 Å². The number of likely N-dealkylation sites (tertiary alicyclic amines) is 1. The number of fused-ring (bicyclic) bond motifs is 1. The molecule has 7 heteroatoms. The molecule has 1 saturated carbocycles. The molecule has 2 aromatic heterocycles. The number of para-hydroxylation sites is 1. The molecule has 2 aliphatic rings. The van der Waals surface area contributed by atoms with Crippen LogP contribution in [0.2, 0.25) is 0 Å². The summed E-state index contributed by atoms with van der Waals surface area (Å²) in [6.45, 7) is 1.57. The van der Waals surface area contributed by atoms with Crippen molar-refractivity contribution in [1.29, 1.82) is 0 Å². The summed E-state index contributed by atoms with van der Waals surface area (Å²) in [7, 11) is 0. The fourth-order valence-electron chi connectivity index (χ4n) is 4.49. The van der Waals surface area contributed by atoms with Crippen LogP contribution in [0.4, 0.5) is 0 Å². The van der Waals surface area contributed by atoms with Gasteiger partial charge in [-0.25, -0.2) is 4.68 Å². The molecule has 1 aliphatic heterocycles. The first-order valence-electron chi connectivity index (χ1n) is 9.45. The van der Waals surface area contributed by atoms with Crippen molar-refractivity contribution in [3.8, 4) is 16.3 Å². The van der Waals surface area contributed by atoms with E-state index in [0.717, 1.165) is 42.2 Å². The first kappa shape index (κ1) is 19.2. The monoisotopic (exact) mass is 414 g/mol. The first-order valence-corrected chi connectivity index (χ1v) is 10.3. The molecule has 0 bridgehead atoms. The van der Waals surface area contributed by atoms with Crippen LogP contribution in [0.5, 0.6) is 0 Å². The molecule has 146 valence electrons. The second-order valence-corrected chi connectivity index (χ2v) is 8.46. The minimum Gasteiger partial charge on any atom is -0.337 e. The molecule has 3 unspecified atom stereocenters. The molecule has 0 spiro atoms. The molecule has 1 aliphatic carbocycles. The Balaban J connectivity index is 0.00000192. The lowest BCUT2D eigenvalue weighted by Gasteiger charge is -2.17. The van der Waals surface area contributed by atoms with Crippen molar-refractivity contribution in [1.82, 2.24) is 14.7 Å². The zero-order chi connectivity index (χ0) is 18.4. The van der Waals surface area contributed by atoms with Crippen molar-refractivity contribution in [2.45, 2.75) is 18.9 Å². The SMILES string of the molecule is Cl.NC1CCC2CN(C(=O)c3cc(-c4cccs4)n(-c4ccccc4)n3)CC12. The number of aromatic nitrogens is 2. The largest absolute Gasteiger partial charge is 0.337 e. The molecule has 0 radical (unpaired) electrons. The number of benzene rings is 1. The Bertz CT molecular complexity index is 956. The molecular weight excluding hydrogens is 392 g/mol. The molecular formula is C21H23ClN4OS. The summed E-state index contributed by atoms with van der Waals surface area (Å²) in [6.07, 6.45) is 2.22. The van der Waals surface area contributed by atoms with Crippen LogP contribution in [0.25, 0.3) is 16.3 Å². The van der Waals surface area contributed by atoms with E-state index in [4.69, 9.17) is 10.8 Å². The second kappa shape index (κ2) is 7.70. The Hall–Kier alpha value is -2.15. The van der Waals surface area contributed by atoms with Crippen molar-refractivity contribution in [2.24, 2.45) is 17.6 Å². The van der Waals surface area contributed by atoms with Crippen molar-refractivity contribution in [2.75, 3.05) is 13.1 Å². The van der Waals surface area contributed by atoms with Crippen molar-refractivity contribution in [3.05, 3.63) is 59.6 Å². The van der Waals surface area contributed by atoms with Gasteiger partial charge >= 0.3 is 0 Å². The molecule has 2 N–H and O–H groups in total. The number of nitrogens with two attached hydrogens (primary N) is 1. The highest BCUT2D eigenvalue weighted by Crippen LogP contribution is 2.38. The molecule has 1 saturated heterocycles. The lowest BCUT2D eigenvalue weighted by molar-refractivity contribution is 0.0773. The van der Waals surface area contributed by atoms with E-state index in [0.29, 0.717) is 17.5 Å². The lowest BCUT2D eigenvalue weighted by Crippen LogP contribution is -2.33. The van der Waals surface area contributed by atoms with Gasteiger partial charge in [0.25, 0.3) is 5.91 Å². The predicted molar refractivity (Wildman–Crippen MR) is 114 cm³/mol. The van der Waals surface area contributed by atoms with Crippen LogP contribution >= 0.6 is 23.7 Å². The zero-order valence-electron chi connectivity index (χ0n) is 15.4. The first-order chi connectivity index (χ1) is 13.2. The van der Waals surface area contributed by atoms with Crippen LogP contribution in [-0.2, 0) is 0 Å². The molecule has 2 fully saturated rings. The van der Waals surface area contributed by atoms with Gasteiger partial charge in [0.2, 0.25) is 0 Å². The van der Waals surface area contributed by atoms with Gasteiger partial charge in [0, 0.05) is 19.1 Å². The number of hydrogen-bond acceptors (Lipinski definition) is 4. The Kier molecular flexibility index (Phi) is 5.27. The second-order valence-electron chi connectivity index (χ2n) is 7.51. The number of rotatable bonds is 3. The summed E-state index contributed by atoms with van der Waals surface area (Å²) in [6, 6.07) is 16.2. The van der Waals surface area contributed by atoms with E-state index >= 15 is 0 Å². The smallest absolute Gasteiger partial charge is 0.274 e. The molecule has 1 amide bonds. The normalized spacial score (nSPS) is 23.5. The summed E-state index contributed by atoms with van der Waals surface area (Å²) in [5.74, 6) is 1.02. The fraction of sp³-hybridized carbons (Fsp3) is 0.333. The molecule has 3 heterocycles. The molecule has 3 atom stereocenters. The Morgan fingerprint density at radius 3 is 2.64 bits per heavy atom. The van der Waals surface area contributed by atoms with Crippen LogP contribution < -0.4 is 5.73 Å². The van der Waals surface area contributed by atoms with E-state index in [1.54, 1.807) is 11.3 Å². The van der Waals surface area contributed by atoms with E-state index < -0.39 is 0 Å². The number of amides is 1. The number of thiophene rings is 1. The lowest BCUT2D eigenvalue weighted by atomic mass is 9.98. The molecule has 28 heavy (non-hydrogen) atoms. The minimum absolute atomic E-state index is 0. The van der Waals surface area contributed by atoms with E-state index in [-0.39, 0.29) is 24.4 Å². The Morgan fingerprint density at radius 2 is 1.93 bits per heavy atom. The number of nitrogens with zero attached hydrogens (tertiary/aromatic N) is 3. The van der Waals surface area contributed by atoms with Gasteiger partial charge in [-0.1, -0.05) is 24.3 Å². The van der Waals surface area contributed by atoms with E-state index in [2.05, 4.69) is 6.07 Å². The van der Waals surface area contributed by atoms with Crippen molar-refractivity contribution >= 4 is 29.7 Å². The van der Waals surface area contributed by atoms with Crippen LogP contribution in [0.3, 0.4) is 0 Å². The third-order valence-electron chi connectivity index (χ3n) is 5.90. The number of halogens is 1. The maximum Gasteiger partial charge on any atom is 0.274 e. The number of carbonyl (C=O) groups excluding carboxylic acids is 1. The summed E-state index contributed by atoms with van der Waals surface area (Å²) in [5.41, 5.74) is 8.66. The third-order valence-corrected chi connectivity index (χ3v) is 6.79. The maximum absolute atomic E-state index is 13.2. The number of carbonyl (C=O) groups is 1. The van der Waals surface area contributed by atoms with Gasteiger partial charge in [0.05, 0.1) is 16.3 Å². The van der Waals surface area contributed by atoms with Gasteiger partial charge in [0.15, 0.2) is 5.69 Å². The van der Waals surface area contributed by atoms with Gasteiger partial charge in [0.1, 0.15) is 0 Å². The standard InChI is InChI=1S/C21H22N4OS.ClH/c22-17-9-8-14-12-24(13-16(14)17)21(26)18-11-19(20-7-4-10-27-20)25(23-18)15-5-2-1-3-6-15;/h1-7,10-11,14,16-17H,8-9,12-13,22H2;1H. The molecule has 5 rings (SSSR count). The average molecular weight is 415 g/mol. The summed E-state index contributed by atoms with van der Waals surface area (Å²) in [4.78, 5) is 16.2. The van der Waals surface area contributed by atoms with Crippen LogP contribution in [0.15, 0.2) is 53.9 Å². The van der Waals surface area contributed by atoms with Gasteiger partial charge < -0.3 is 10.6 Å². The molecule has 1 aromatic carbocycles. The van der Waals surface area contributed by atoms with E-state index in [9.17, 15) is 4.79 Å². The topological polar surface area (TPSA) is 64.2 Å². The molecule has 5 nitrogen and oxygen atoms in total. The van der Waals surface area contributed by atoms with Gasteiger partial charge in [-0.2, -0.15) is 5.10 Å². The van der Waals surface area contributed by atoms with Crippen LogP contribution in [-0.4, -0.2) is 39.7 Å². The minimum atomic E-state index is 0. The van der Waals surface area contributed by atoms with Crippen molar-refractivity contribution in [3.63, 3.8) is 0 Å². The quantitative estimate of drug-likeness (QED) is 0.708. The number of hydrogen-bond donors (Lipinski definition) is 1. The fourth-order valence-corrected chi connectivity index (χ4v) is 5.21.